The van der Waals surface area contributed by atoms with Crippen molar-refractivity contribution < 1.29 is 19.8 Å². The average Bonchev–Trinajstić information content (AvgIpc) is 3.18. The molecule has 1 saturated carbocycles. The van der Waals surface area contributed by atoms with Crippen LogP contribution >= 0.6 is 11.8 Å². The van der Waals surface area contributed by atoms with Gasteiger partial charge in [-0.05, 0) is 23.7 Å². The van der Waals surface area contributed by atoms with Gasteiger partial charge in [0, 0.05) is 11.7 Å². The van der Waals surface area contributed by atoms with Crippen molar-refractivity contribution >= 4 is 23.7 Å². The Morgan fingerprint density at radius 3 is 2.48 bits per heavy atom. The van der Waals surface area contributed by atoms with Crippen molar-refractivity contribution in [3.05, 3.63) is 35.9 Å². The van der Waals surface area contributed by atoms with Crippen LogP contribution in [0.4, 0.5) is 0 Å². The Labute approximate surface area is 127 Å². The molecule has 6 heteroatoms. The topological polar surface area (TPSA) is 101 Å². The summed E-state index contributed by atoms with van der Waals surface area (Å²) in [6, 6.07) is 8.96. The van der Waals surface area contributed by atoms with E-state index in [1.807, 2.05) is 30.3 Å². The molecule has 4 N–H and O–H groups in total. The molecule has 2 rings (SSSR count). The van der Waals surface area contributed by atoms with Gasteiger partial charge in [0.25, 0.3) is 0 Å². The monoisotopic (exact) mass is 309 g/mol. The first-order valence-electron chi connectivity index (χ1n) is 6.85. The summed E-state index contributed by atoms with van der Waals surface area (Å²) in [6.07, 6.45) is 0.695. The van der Waals surface area contributed by atoms with Gasteiger partial charge in [-0.15, -0.1) is 0 Å². The summed E-state index contributed by atoms with van der Waals surface area (Å²) >= 11 is 1.73. The molecule has 21 heavy (non-hydrogen) atoms. The van der Waals surface area contributed by atoms with E-state index < -0.39 is 29.8 Å². The molecule has 1 aliphatic rings. The number of hydrogen-bond donors (Lipinski definition) is 3. The molecule has 0 radical (unpaired) electrons. The van der Waals surface area contributed by atoms with Gasteiger partial charge < -0.3 is 15.9 Å². The first-order chi connectivity index (χ1) is 10.0. The molecule has 4 atom stereocenters. The Morgan fingerprint density at radius 2 is 1.90 bits per heavy atom. The molecule has 0 saturated heterocycles. The summed E-state index contributed by atoms with van der Waals surface area (Å²) in [5.41, 5.74) is 6.79. The highest BCUT2D eigenvalue weighted by atomic mass is 32.2. The van der Waals surface area contributed by atoms with Gasteiger partial charge in [-0.1, -0.05) is 30.3 Å². The highest BCUT2D eigenvalue weighted by Crippen LogP contribution is 2.51. The Morgan fingerprint density at radius 1 is 1.24 bits per heavy atom. The maximum atomic E-state index is 11.1. The number of benzene rings is 1. The van der Waals surface area contributed by atoms with Crippen LogP contribution in [0.15, 0.2) is 30.3 Å². The van der Waals surface area contributed by atoms with Gasteiger partial charge in [0.2, 0.25) is 0 Å². The third-order valence-electron chi connectivity index (χ3n) is 3.92. The largest absolute Gasteiger partial charge is 0.481 e. The summed E-state index contributed by atoms with van der Waals surface area (Å²) in [5.74, 6) is -1.52. The standard InChI is InChI=1S/C15H19NO4S/c16-13(15(19)20)11-10(12(11)14(17)18)6-7-21-8-9-4-2-1-3-5-9/h1-5,10-13H,6-8,16H2,(H,17,18)(H,19,20). The molecule has 4 unspecified atom stereocenters. The minimum atomic E-state index is -1.12. The van der Waals surface area contributed by atoms with Crippen LogP contribution in [-0.4, -0.2) is 33.9 Å². The smallest absolute Gasteiger partial charge is 0.320 e. The maximum Gasteiger partial charge on any atom is 0.320 e. The zero-order chi connectivity index (χ0) is 15.4. The lowest BCUT2D eigenvalue weighted by molar-refractivity contribution is -0.140. The highest BCUT2D eigenvalue weighted by Gasteiger charge is 2.58. The number of rotatable bonds is 8. The molecule has 1 aromatic carbocycles. The first-order valence-corrected chi connectivity index (χ1v) is 8.00. The normalized spacial score (nSPS) is 25.3. The average molecular weight is 309 g/mol. The Hall–Kier alpha value is -1.53. The number of carbonyl (C=O) groups is 2. The molecule has 0 heterocycles. The molecule has 0 aromatic heterocycles. The second kappa shape index (κ2) is 6.95. The van der Waals surface area contributed by atoms with Gasteiger partial charge in [-0.2, -0.15) is 11.8 Å². The number of thioether (sulfide) groups is 1. The fraction of sp³-hybridized carbons (Fsp3) is 0.467. The van der Waals surface area contributed by atoms with E-state index in [0.29, 0.717) is 6.42 Å². The Kier molecular flexibility index (Phi) is 5.25. The van der Waals surface area contributed by atoms with Gasteiger partial charge in [0.05, 0.1) is 5.92 Å². The Bertz CT molecular complexity index is 508. The van der Waals surface area contributed by atoms with Crippen molar-refractivity contribution in [3.63, 3.8) is 0 Å². The van der Waals surface area contributed by atoms with Crippen molar-refractivity contribution in [2.24, 2.45) is 23.5 Å². The molecular weight excluding hydrogens is 290 g/mol. The van der Waals surface area contributed by atoms with Crippen LogP contribution in [0.5, 0.6) is 0 Å². The number of aliphatic carboxylic acids is 2. The van der Waals surface area contributed by atoms with E-state index in [9.17, 15) is 9.59 Å². The number of hydrogen-bond acceptors (Lipinski definition) is 4. The molecule has 1 fully saturated rings. The van der Waals surface area contributed by atoms with E-state index in [-0.39, 0.29) is 5.92 Å². The minimum absolute atomic E-state index is 0.114. The van der Waals surface area contributed by atoms with Crippen molar-refractivity contribution in [1.29, 1.82) is 0 Å². The molecule has 0 aliphatic heterocycles. The van der Waals surface area contributed by atoms with Crippen LogP contribution in [0.2, 0.25) is 0 Å². The highest BCUT2D eigenvalue weighted by molar-refractivity contribution is 7.98. The van der Waals surface area contributed by atoms with Crippen molar-refractivity contribution in [3.8, 4) is 0 Å². The fourth-order valence-electron chi connectivity index (χ4n) is 2.76. The second-order valence-electron chi connectivity index (χ2n) is 5.30. The maximum absolute atomic E-state index is 11.1. The Balaban J connectivity index is 1.77. The van der Waals surface area contributed by atoms with Crippen LogP contribution < -0.4 is 5.73 Å². The third kappa shape index (κ3) is 3.98. The lowest BCUT2D eigenvalue weighted by Crippen LogP contribution is -2.34. The number of nitrogens with two attached hydrogens (primary N) is 1. The van der Waals surface area contributed by atoms with E-state index in [1.54, 1.807) is 11.8 Å². The molecule has 114 valence electrons. The SMILES string of the molecule is NC(C(=O)O)C1C(CCSCc2ccccc2)C1C(=O)O. The predicted molar refractivity (Wildman–Crippen MR) is 80.9 cm³/mol. The lowest BCUT2D eigenvalue weighted by Gasteiger charge is -2.05. The van der Waals surface area contributed by atoms with Gasteiger partial charge in [-0.3, -0.25) is 9.59 Å². The van der Waals surface area contributed by atoms with Crippen molar-refractivity contribution in [2.45, 2.75) is 18.2 Å². The summed E-state index contributed by atoms with van der Waals surface area (Å²) in [4.78, 5) is 22.0. The van der Waals surface area contributed by atoms with Crippen molar-refractivity contribution in [2.75, 3.05) is 5.75 Å². The van der Waals surface area contributed by atoms with Gasteiger partial charge in [-0.25, -0.2) is 0 Å². The molecular formula is C15H19NO4S. The van der Waals surface area contributed by atoms with Crippen LogP contribution in [-0.2, 0) is 15.3 Å². The van der Waals surface area contributed by atoms with Crippen LogP contribution in [0, 0.1) is 17.8 Å². The zero-order valence-corrected chi connectivity index (χ0v) is 12.3. The van der Waals surface area contributed by atoms with Gasteiger partial charge in [0.1, 0.15) is 6.04 Å². The molecule has 0 bridgehead atoms. The molecule has 1 aromatic rings. The predicted octanol–water partition coefficient (Wildman–Crippen LogP) is 1.67. The molecule has 1 aliphatic carbocycles. The van der Waals surface area contributed by atoms with Crippen LogP contribution in [0.1, 0.15) is 12.0 Å². The third-order valence-corrected chi connectivity index (χ3v) is 4.98. The molecule has 0 spiro atoms. The zero-order valence-electron chi connectivity index (χ0n) is 11.5. The van der Waals surface area contributed by atoms with Crippen LogP contribution in [0.3, 0.4) is 0 Å². The summed E-state index contributed by atoms with van der Waals surface area (Å²) < 4.78 is 0. The summed E-state index contributed by atoms with van der Waals surface area (Å²) in [6.45, 7) is 0. The van der Waals surface area contributed by atoms with Crippen LogP contribution in [0.25, 0.3) is 0 Å². The lowest BCUT2D eigenvalue weighted by atomic mass is 10.1. The number of carboxylic acids is 2. The van der Waals surface area contributed by atoms with Crippen molar-refractivity contribution in [1.82, 2.24) is 0 Å². The quantitative estimate of drug-likeness (QED) is 0.632. The van der Waals surface area contributed by atoms with Gasteiger partial charge in [0.15, 0.2) is 0 Å². The van der Waals surface area contributed by atoms with E-state index in [0.717, 1.165) is 11.5 Å². The van der Waals surface area contributed by atoms with E-state index >= 15 is 0 Å². The first kappa shape index (κ1) is 15.9. The van der Waals surface area contributed by atoms with E-state index in [1.165, 1.54) is 5.56 Å². The summed E-state index contributed by atoms with van der Waals surface area (Å²) in [5, 5.41) is 18.0. The fourth-order valence-corrected chi connectivity index (χ4v) is 3.77. The second-order valence-corrected chi connectivity index (χ2v) is 6.40. The number of carboxylic acid groups (broad SMARTS) is 2. The molecule has 5 nitrogen and oxygen atoms in total. The van der Waals surface area contributed by atoms with E-state index in [4.69, 9.17) is 15.9 Å². The molecule has 0 amide bonds. The summed E-state index contributed by atoms with van der Waals surface area (Å²) in [7, 11) is 0. The van der Waals surface area contributed by atoms with E-state index in [2.05, 4.69) is 0 Å². The van der Waals surface area contributed by atoms with Gasteiger partial charge >= 0.3 is 11.9 Å². The minimum Gasteiger partial charge on any atom is -0.481 e.